The van der Waals surface area contributed by atoms with Gasteiger partial charge < -0.3 is 20.1 Å². The third-order valence-electron chi connectivity index (χ3n) is 4.28. The van der Waals surface area contributed by atoms with Crippen LogP contribution in [0.25, 0.3) is 11.1 Å². The minimum absolute atomic E-state index is 0.0167. The van der Waals surface area contributed by atoms with Crippen molar-refractivity contribution >= 4 is 20.3 Å². The lowest BCUT2D eigenvalue weighted by Crippen LogP contribution is -2.44. The van der Waals surface area contributed by atoms with Gasteiger partial charge in [0.05, 0.1) is 0 Å². The molecule has 0 bridgehead atoms. The molecule has 0 heterocycles. The standard InChI is InChI=1S/C18H16NO7P/c20-17(21)16(10-26-27(23)24)19-18(22)25-9-15-13-7-3-1-5-11(13)12-6-2-4-8-14(12)15/h1-8,15-16H,9-10H2,(H,19,22)(H,20,21)/t16-/m0/s1. The van der Waals surface area contributed by atoms with Gasteiger partial charge in [0.15, 0.2) is 6.04 Å². The predicted molar refractivity (Wildman–Crippen MR) is 93.2 cm³/mol. The lowest BCUT2D eigenvalue weighted by Gasteiger charge is -2.16. The van der Waals surface area contributed by atoms with Crippen molar-refractivity contribution in [2.45, 2.75) is 12.0 Å². The molecule has 0 fully saturated rings. The molecular weight excluding hydrogens is 373 g/mol. The van der Waals surface area contributed by atoms with Crippen LogP contribution in [0.4, 0.5) is 4.79 Å². The molecule has 2 N–H and O–H groups in total. The number of alkyl carbamates (subject to hydrolysis) is 1. The van der Waals surface area contributed by atoms with Gasteiger partial charge in [0, 0.05) is 5.92 Å². The summed E-state index contributed by atoms with van der Waals surface area (Å²) in [6, 6.07) is 14.0. The maximum absolute atomic E-state index is 12.0. The summed E-state index contributed by atoms with van der Waals surface area (Å²) in [5, 5.41) is 11.1. The first-order chi connectivity index (χ1) is 13.0. The van der Waals surface area contributed by atoms with Crippen LogP contribution in [0.3, 0.4) is 0 Å². The summed E-state index contributed by atoms with van der Waals surface area (Å²) in [5.74, 6) is -1.60. The largest absolute Gasteiger partial charge is 0.566 e. The van der Waals surface area contributed by atoms with E-state index in [0.29, 0.717) is 0 Å². The van der Waals surface area contributed by atoms with Crippen molar-refractivity contribution in [1.29, 1.82) is 0 Å². The van der Waals surface area contributed by atoms with Crippen LogP contribution in [-0.2, 0) is 18.6 Å². The summed E-state index contributed by atoms with van der Waals surface area (Å²) >= 11 is 0. The van der Waals surface area contributed by atoms with Crippen LogP contribution in [0.1, 0.15) is 17.0 Å². The molecule has 2 atom stereocenters. The third-order valence-corrected chi connectivity index (χ3v) is 4.64. The van der Waals surface area contributed by atoms with E-state index in [1.54, 1.807) is 0 Å². The smallest absolute Gasteiger partial charge is 0.488 e. The van der Waals surface area contributed by atoms with Crippen LogP contribution in [0.2, 0.25) is 0 Å². The zero-order valence-corrected chi connectivity index (χ0v) is 14.9. The molecule has 0 radical (unpaired) electrons. The summed E-state index contributed by atoms with van der Waals surface area (Å²) in [6.45, 7) is -0.693. The van der Waals surface area contributed by atoms with Crippen molar-refractivity contribution < 1.29 is 33.4 Å². The molecule has 2 aromatic carbocycles. The first-order valence-electron chi connectivity index (χ1n) is 8.09. The Kier molecular flexibility index (Phi) is 5.81. The highest BCUT2D eigenvalue weighted by Crippen LogP contribution is 2.44. The number of amides is 1. The van der Waals surface area contributed by atoms with Gasteiger partial charge in [0.2, 0.25) is 0 Å². The molecule has 1 aliphatic carbocycles. The van der Waals surface area contributed by atoms with Crippen LogP contribution >= 0.6 is 8.25 Å². The first-order valence-corrected chi connectivity index (χ1v) is 9.18. The summed E-state index contributed by atoms with van der Waals surface area (Å²) in [5.41, 5.74) is 4.18. The molecule has 9 heteroatoms. The normalized spacial score (nSPS) is 14.0. The van der Waals surface area contributed by atoms with Gasteiger partial charge in [-0.2, -0.15) is 0 Å². The fourth-order valence-electron chi connectivity index (χ4n) is 3.09. The van der Waals surface area contributed by atoms with E-state index in [1.165, 1.54) is 0 Å². The second-order valence-corrected chi connectivity index (χ2v) is 6.59. The van der Waals surface area contributed by atoms with Gasteiger partial charge in [-0.05, 0) is 26.8 Å². The summed E-state index contributed by atoms with van der Waals surface area (Å²) < 4.78 is 19.9. The number of benzene rings is 2. The number of hydrogen-bond acceptors (Lipinski definition) is 6. The molecule has 0 spiro atoms. The molecular formula is C18H16NO7P. The third kappa shape index (κ3) is 4.31. The Morgan fingerprint density at radius 1 is 1.11 bits per heavy atom. The maximum atomic E-state index is 12.0. The van der Waals surface area contributed by atoms with Gasteiger partial charge >= 0.3 is 20.3 Å². The molecule has 8 nitrogen and oxygen atoms in total. The Morgan fingerprint density at radius 3 is 2.19 bits per heavy atom. The quantitative estimate of drug-likeness (QED) is 0.694. The highest BCUT2D eigenvalue weighted by Gasteiger charge is 2.30. The Balaban J connectivity index is 1.67. The number of carboxylic acids is 1. The number of carbonyl (C=O) groups excluding carboxylic acids is 1. The van der Waals surface area contributed by atoms with E-state index < -0.39 is 33.0 Å². The second kappa shape index (κ2) is 8.26. The maximum Gasteiger partial charge on any atom is 0.488 e. The number of aliphatic carboxylic acids is 1. The molecule has 140 valence electrons. The zero-order valence-electron chi connectivity index (χ0n) is 14.0. The zero-order chi connectivity index (χ0) is 19.4. The average molecular weight is 389 g/mol. The first kappa shape index (κ1) is 19.0. The number of rotatable bonds is 7. The van der Waals surface area contributed by atoms with Crippen LogP contribution in [0.15, 0.2) is 48.5 Å². The van der Waals surface area contributed by atoms with Crippen molar-refractivity contribution in [3.05, 3.63) is 59.7 Å². The number of hydrogen-bond donors (Lipinski definition) is 2. The Hall–Kier alpha value is -2.80. The van der Waals surface area contributed by atoms with E-state index in [4.69, 9.17) is 9.84 Å². The van der Waals surface area contributed by atoms with E-state index in [1.807, 2.05) is 48.5 Å². The fourth-order valence-corrected chi connectivity index (χ4v) is 3.36. The second-order valence-electron chi connectivity index (χ2n) is 5.88. The minimum atomic E-state index is -3.21. The van der Waals surface area contributed by atoms with E-state index in [2.05, 4.69) is 9.84 Å². The number of nitrogens with one attached hydrogen (secondary N) is 1. The summed E-state index contributed by atoms with van der Waals surface area (Å²) in [7, 11) is -3.21. The minimum Gasteiger partial charge on any atom is -0.566 e. The summed E-state index contributed by atoms with van der Waals surface area (Å²) in [4.78, 5) is 33.5. The highest BCUT2D eigenvalue weighted by atomic mass is 31.1. The molecule has 1 amide bonds. The Bertz CT molecular complexity index is 840. The predicted octanol–water partition coefficient (Wildman–Crippen LogP) is 2.01. The van der Waals surface area contributed by atoms with Crippen LogP contribution in [0, 0.1) is 0 Å². The average Bonchev–Trinajstić information content (AvgIpc) is 2.97. The van der Waals surface area contributed by atoms with Crippen LogP contribution < -0.4 is 10.2 Å². The van der Waals surface area contributed by atoms with Crippen molar-refractivity contribution in [3.63, 3.8) is 0 Å². The van der Waals surface area contributed by atoms with Gasteiger partial charge in [-0.3, -0.25) is 0 Å². The molecule has 1 aliphatic rings. The van der Waals surface area contributed by atoms with Crippen molar-refractivity contribution in [3.8, 4) is 11.1 Å². The van der Waals surface area contributed by atoms with E-state index >= 15 is 0 Å². The van der Waals surface area contributed by atoms with Crippen LogP contribution in [-0.4, -0.2) is 36.4 Å². The van der Waals surface area contributed by atoms with Crippen molar-refractivity contribution in [2.24, 2.45) is 0 Å². The molecule has 2 aromatic rings. The van der Waals surface area contributed by atoms with E-state index in [0.717, 1.165) is 22.3 Å². The molecule has 0 saturated heterocycles. The monoisotopic (exact) mass is 389 g/mol. The molecule has 0 saturated carbocycles. The number of carboxylic acid groups (broad SMARTS) is 1. The van der Waals surface area contributed by atoms with Gasteiger partial charge in [-0.25, -0.2) is 9.59 Å². The van der Waals surface area contributed by atoms with Crippen LogP contribution in [0.5, 0.6) is 0 Å². The Labute approximate surface area is 155 Å². The van der Waals surface area contributed by atoms with Gasteiger partial charge in [-0.15, -0.1) is 4.52 Å². The van der Waals surface area contributed by atoms with Crippen molar-refractivity contribution in [1.82, 2.24) is 5.32 Å². The molecule has 3 rings (SSSR count). The van der Waals surface area contributed by atoms with Gasteiger partial charge in [-0.1, -0.05) is 48.5 Å². The van der Waals surface area contributed by atoms with E-state index in [-0.39, 0.29) is 12.5 Å². The molecule has 27 heavy (non-hydrogen) atoms. The Morgan fingerprint density at radius 2 is 1.67 bits per heavy atom. The summed E-state index contributed by atoms with van der Waals surface area (Å²) in [6.07, 6.45) is -0.964. The number of carbonyl (C=O) groups is 2. The molecule has 1 unspecified atom stereocenters. The lowest BCUT2D eigenvalue weighted by molar-refractivity contribution is -0.186. The lowest BCUT2D eigenvalue weighted by atomic mass is 9.98. The SMILES string of the molecule is O=C(N[C@@H](CO[P+](=O)[O-])C(=O)O)OCC1c2ccccc2-c2ccccc21. The highest BCUT2D eigenvalue weighted by molar-refractivity contribution is 7.30. The van der Waals surface area contributed by atoms with E-state index in [9.17, 15) is 19.0 Å². The topological polar surface area (TPSA) is 125 Å². The van der Waals surface area contributed by atoms with Gasteiger partial charge in [0.1, 0.15) is 13.2 Å². The number of fused-ring (bicyclic) bond motifs is 3. The molecule has 0 aromatic heterocycles. The molecule has 0 aliphatic heterocycles. The fraction of sp³-hybridized carbons (Fsp3) is 0.222. The number of ether oxygens (including phenoxy) is 1. The van der Waals surface area contributed by atoms with Crippen molar-refractivity contribution in [2.75, 3.05) is 13.2 Å². The van der Waals surface area contributed by atoms with Gasteiger partial charge in [0.25, 0.3) is 0 Å².